The monoisotopic (exact) mass is 425 g/mol. The second kappa shape index (κ2) is 9.90. The van der Waals surface area contributed by atoms with Crippen molar-refractivity contribution < 1.29 is 27.6 Å². The minimum absolute atomic E-state index is 0.149. The Morgan fingerprint density at radius 3 is 2.76 bits per heavy atom. The molecule has 0 aliphatic carbocycles. The molecule has 2 heterocycles. The largest absolute Gasteiger partial charge is 0.369 e. The van der Waals surface area contributed by atoms with Crippen molar-refractivity contribution in [3.8, 4) is 0 Å². The summed E-state index contributed by atoms with van der Waals surface area (Å²) in [7, 11) is -3.97. The quantitative estimate of drug-likeness (QED) is 0.342. The molecule has 159 valence electrons. The van der Waals surface area contributed by atoms with Crippen LogP contribution in [0.15, 0.2) is 29.4 Å². The molecule has 3 N–H and O–H groups in total. The highest BCUT2D eigenvalue weighted by Gasteiger charge is 2.39. The lowest BCUT2D eigenvalue weighted by Crippen LogP contribution is -2.42. The molecule has 10 nitrogen and oxygen atoms in total. The summed E-state index contributed by atoms with van der Waals surface area (Å²) in [5, 5.41) is -0.149. The van der Waals surface area contributed by atoms with Gasteiger partial charge in [-0.3, -0.25) is 19.2 Å². The van der Waals surface area contributed by atoms with Crippen molar-refractivity contribution in [2.24, 2.45) is 17.6 Å². The van der Waals surface area contributed by atoms with Gasteiger partial charge in [0, 0.05) is 18.2 Å². The van der Waals surface area contributed by atoms with Gasteiger partial charge in [-0.1, -0.05) is 13.0 Å². The first-order valence-electron chi connectivity index (χ1n) is 9.16. The standard InChI is InChI=1S/C18H25N4O6S/c1-12(17(19)24)8-10-28-21-18(25)14-7-6-13(2)22(11-15(14)23)29(26,27)16-5-3-4-9-20-16/h3-5,9-10,12-14H,6-8,11H2,1-2H3,(H2,19,24)(H,21,25)/t12-,13+,14-/m0/s1. The molecule has 1 aromatic heterocycles. The molecule has 2 rings (SSSR count). The highest BCUT2D eigenvalue weighted by molar-refractivity contribution is 7.89. The van der Waals surface area contributed by atoms with Crippen molar-refractivity contribution in [1.29, 1.82) is 0 Å². The Bertz CT molecular complexity index is 845. The van der Waals surface area contributed by atoms with E-state index in [1.165, 1.54) is 18.9 Å². The van der Waals surface area contributed by atoms with Gasteiger partial charge in [-0.2, -0.15) is 4.31 Å². The fourth-order valence-corrected chi connectivity index (χ4v) is 4.39. The second-order valence-electron chi connectivity index (χ2n) is 6.95. The number of primary amides is 1. The number of nitrogens with zero attached hydrogens (tertiary/aromatic N) is 2. The highest BCUT2D eigenvalue weighted by atomic mass is 32.2. The van der Waals surface area contributed by atoms with Crippen LogP contribution in [0.5, 0.6) is 0 Å². The number of ketones is 1. The maximum atomic E-state index is 12.8. The van der Waals surface area contributed by atoms with Crippen LogP contribution in [-0.4, -0.2) is 47.9 Å². The van der Waals surface area contributed by atoms with Crippen LogP contribution in [0.3, 0.4) is 0 Å². The number of hydrogen-bond donors (Lipinski definition) is 2. The van der Waals surface area contributed by atoms with Gasteiger partial charge in [0.2, 0.25) is 5.91 Å². The van der Waals surface area contributed by atoms with Crippen LogP contribution in [-0.2, 0) is 29.2 Å². The minimum atomic E-state index is -3.97. The number of rotatable bonds is 8. The molecule has 11 heteroatoms. The van der Waals surface area contributed by atoms with Crippen LogP contribution in [0.1, 0.15) is 33.1 Å². The van der Waals surface area contributed by atoms with Crippen LogP contribution >= 0.6 is 0 Å². The summed E-state index contributed by atoms with van der Waals surface area (Å²) in [6.07, 6.45) is 2.06. The SMILES string of the molecule is C[C@@H]1CC[C@H](C(=O)NO[CH]C[C@H](C)C(N)=O)C(=O)CN1S(=O)(=O)c1ccccn1. The van der Waals surface area contributed by atoms with Crippen LogP contribution in [0.25, 0.3) is 0 Å². The van der Waals surface area contributed by atoms with Gasteiger partial charge in [0.15, 0.2) is 10.8 Å². The van der Waals surface area contributed by atoms with Gasteiger partial charge in [-0.25, -0.2) is 18.9 Å². The van der Waals surface area contributed by atoms with Crippen LogP contribution in [0.2, 0.25) is 0 Å². The molecule has 0 aromatic carbocycles. The van der Waals surface area contributed by atoms with Crippen LogP contribution in [0.4, 0.5) is 0 Å². The van der Waals surface area contributed by atoms with Crippen molar-refractivity contribution >= 4 is 27.6 Å². The van der Waals surface area contributed by atoms with Crippen LogP contribution in [0, 0.1) is 18.4 Å². The van der Waals surface area contributed by atoms with Gasteiger partial charge in [0.1, 0.15) is 12.5 Å². The maximum Gasteiger partial charge on any atom is 0.261 e. The van der Waals surface area contributed by atoms with Gasteiger partial charge in [0.25, 0.3) is 15.9 Å². The van der Waals surface area contributed by atoms with Crippen molar-refractivity contribution in [3.63, 3.8) is 0 Å². The Kier molecular flexibility index (Phi) is 7.82. The van der Waals surface area contributed by atoms with E-state index in [4.69, 9.17) is 10.6 Å². The molecule has 0 saturated carbocycles. The molecule has 1 saturated heterocycles. The molecular weight excluding hydrogens is 400 g/mol. The van der Waals surface area contributed by atoms with E-state index in [1.807, 2.05) is 0 Å². The van der Waals surface area contributed by atoms with Crippen molar-refractivity contribution in [1.82, 2.24) is 14.8 Å². The van der Waals surface area contributed by atoms with E-state index in [0.717, 1.165) is 4.31 Å². The third-order valence-corrected chi connectivity index (χ3v) is 6.65. The maximum absolute atomic E-state index is 12.8. The Labute approximate surface area is 169 Å². The number of sulfonamides is 1. The number of Topliss-reactive ketones (excluding diaryl/α,β-unsaturated/α-hetero) is 1. The van der Waals surface area contributed by atoms with Crippen molar-refractivity contribution in [2.75, 3.05) is 6.54 Å². The van der Waals surface area contributed by atoms with E-state index in [1.54, 1.807) is 26.0 Å². The fraction of sp³-hybridized carbons (Fsp3) is 0.500. The smallest absolute Gasteiger partial charge is 0.261 e. The van der Waals surface area contributed by atoms with E-state index < -0.39 is 52.0 Å². The molecule has 1 aliphatic rings. The zero-order chi connectivity index (χ0) is 21.6. The third kappa shape index (κ3) is 5.81. The third-order valence-electron chi connectivity index (χ3n) is 4.77. The molecule has 1 aromatic rings. The molecule has 1 radical (unpaired) electrons. The van der Waals surface area contributed by atoms with E-state index >= 15 is 0 Å². The topological polar surface area (TPSA) is 149 Å². The lowest BCUT2D eigenvalue weighted by atomic mass is 9.98. The molecule has 2 amide bonds. The average molecular weight is 425 g/mol. The van der Waals surface area contributed by atoms with Gasteiger partial charge < -0.3 is 5.73 Å². The van der Waals surface area contributed by atoms with E-state index in [9.17, 15) is 22.8 Å². The number of amides is 2. The number of aromatic nitrogens is 1. The molecule has 0 spiro atoms. The Hall–Kier alpha value is -2.37. The van der Waals surface area contributed by atoms with Gasteiger partial charge in [-0.05, 0) is 38.3 Å². The summed E-state index contributed by atoms with van der Waals surface area (Å²) in [6, 6.07) is 4.02. The number of hydroxylamine groups is 1. The fourth-order valence-electron chi connectivity index (χ4n) is 2.83. The molecule has 0 bridgehead atoms. The minimum Gasteiger partial charge on any atom is -0.369 e. The number of carbonyl (C=O) groups excluding carboxylic acids is 3. The van der Waals surface area contributed by atoms with Gasteiger partial charge in [-0.15, -0.1) is 0 Å². The van der Waals surface area contributed by atoms with E-state index in [0.29, 0.717) is 6.42 Å². The molecule has 0 unspecified atom stereocenters. The lowest BCUT2D eigenvalue weighted by Gasteiger charge is -2.24. The zero-order valence-corrected chi connectivity index (χ0v) is 17.1. The number of nitrogens with one attached hydrogen (secondary N) is 1. The molecule has 29 heavy (non-hydrogen) atoms. The summed E-state index contributed by atoms with van der Waals surface area (Å²) < 4.78 is 26.8. The van der Waals surface area contributed by atoms with Gasteiger partial charge >= 0.3 is 0 Å². The zero-order valence-electron chi connectivity index (χ0n) is 16.3. The molecule has 1 aliphatic heterocycles. The van der Waals surface area contributed by atoms with Gasteiger partial charge in [0.05, 0.1) is 6.54 Å². The number of carbonyl (C=O) groups is 3. The number of hydrogen-bond acceptors (Lipinski definition) is 7. The average Bonchev–Trinajstić information content (AvgIpc) is 2.84. The first-order chi connectivity index (χ1) is 13.6. The Balaban J connectivity index is 2.00. The predicted octanol–water partition coefficient (Wildman–Crippen LogP) is 0.161. The van der Waals surface area contributed by atoms with E-state index in [-0.39, 0.29) is 17.9 Å². The second-order valence-corrected chi connectivity index (χ2v) is 8.79. The first kappa shape index (κ1) is 22.9. The van der Waals surface area contributed by atoms with Crippen LogP contribution < -0.4 is 11.2 Å². The summed E-state index contributed by atoms with van der Waals surface area (Å²) in [5.41, 5.74) is 7.29. The Morgan fingerprint density at radius 1 is 1.41 bits per heavy atom. The molecular formula is C18H25N4O6S. The highest BCUT2D eigenvalue weighted by Crippen LogP contribution is 2.25. The van der Waals surface area contributed by atoms with Crippen molar-refractivity contribution in [3.05, 3.63) is 31.0 Å². The van der Waals surface area contributed by atoms with Crippen molar-refractivity contribution in [2.45, 2.75) is 44.2 Å². The normalized spacial score (nSPS) is 21.9. The summed E-state index contributed by atoms with van der Waals surface area (Å²) >= 11 is 0. The number of nitrogens with two attached hydrogens (primary N) is 1. The Morgan fingerprint density at radius 2 is 2.14 bits per heavy atom. The molecule has 1 fully saturated rings. The number of pyridine rings is 1. The first-order valence-corrected chi connectivity index (χ1v) is 10.6. The lowest BCUT2D eigenvalue weighted by molar-refractivity contribution is -0.141. The predicted molar refractivity (Wildman–Crippen MR) is 102 cm³/mol. The van der Waals surface area contributed by atoms with E-state index in [2.05, 4.69) is 10.5 Å². The molecule has 3 atom stereocenters. The summed E-state index contributed by atoms with van der Waals surface area (Å²) in [6.45, 7) is 4.08. The summed E-state index contributed by atoms with van der Waals surface area (Å²) in [4.78, 5) is 44.7. The summed E-state index contributed by atoms with van der Waals surface area (Å²) in [5.74, 6) is -3.19.